The largest absolute Gasteiger partial charge is 0.462 e. The molecule has 1 saturated heterocycles. The number of esters is 2. The van der Waals surface area contributed by atoms with Gasteiger partial charge in [0.2, 0.25) is 5.95 Å². The van der Waals surface area contributed by atoms with Crippen LogP contribution in [0.3, 0.4) is 0 Å². The van der Waals surface area contributed by atoms with E-state index in [2.05, 4.69) is 24.8 Å². The van der Waals surface area contributed by atoms with Crippen LogP contribution in [0.2, 0.25) is 0 Å². The normalized spacial score (nSPS) is 14.7. The molecule has 0 atom stereocenters. The summed E-state index contributed by atoms with van der Waals surface area (Å²) in [5, 5.41) is 0. The lowest BCUT2D eigenvalue weighted by Gasteiger charge is -2.34. The van der Waals surface area contributed by atoms with E-state index in [0.29, 0.717) is 29.1 Å². The van der Waals surface area contributed by atoms with E-state index in [1.165, 1.54) is 0 Å². The zero-order valence-corrected chi connectivity index (χ0v) is 17.1. The lowest BCUT2D eigenvalue weighted by Crippen LogP contribution is -2.46. The van der Waals surface area contributed by atoms with Gasteiger partial charge in [-0.3, -0.25) is 4.90 Å². The molecule has 0 radical (unpaired) electrons. The zero-order valence-electron chi connectivity index (χ0n) is 17.1. The van der Waals surface area contributed by atoms with E-state index in [0.717, 1.165) is 32.1 Å². The molecule has 9 nitrogen and oxygen atoms in total. The highest BCUT2D eigenvalue weighted by Crippen LogP contribution is 2.23. The lowest BCUT2D eigenvalue weighted by atomic mass is 10.1. The van der Waals surface area contributed by atoms with Gasteiger partial charge < -0.3 is 19.4 Å². The van der Waals surface area contributed by atoms with Crippen LogP contribution in [-0.4, -0.2) is 71.2 Å². The highest BCUT2D eigenvalue weighted by Gasteiger charge is 2.27. The monoisotopic (exact) mass is 401 g/mol. The first kappa shape index (κ1) is 20.8. The van der Waals surface area contributed by atoms with Crippen LogP contribution < -0.4 is 4.90 Å². The number of carbonyl (C=O) groups is 2. The number of aromatic nitrogens is 3. The van der Waals surface area contributed by atoms with Crippen LogP contribution in [0.15, 0.2) is 18.5 Å². The molecule has 3 rings (SSSR count). The van der Waals surface area contributed by atoms with Crippen molar-refractivity contribution >= 4 is 17.9 Å². The summed E-state index contributed by atoms with van der Waals surface area (Å²) >= 11 is 0. The predicted molar refractivity (Wildman–Crippen MR) is 107 cm³/mol. The van der Waals surface area contributed by atoms with Gasteiger partial charge in [0.25, 0.3) is 0 Å². The van der Waals surface area contributed by atoms with E-state index < -0.39 is 11.9 Å². The first-order valence-corrected chi connectivity index (χ1v) is 9.85. The van der Waals surface area contributed by atoms with Crippen LogP contribution in [0.1, 0.15) is 46.0 Å². The molecule has 1 fully saturated rings. The third-order valence-electron chi connectivity index (χ3n) is 4.88. The van der Waals surface area contributed by atoms with Gasteiger partial charge in [0.15, 0.2) is 0 Å². The lowest BCUT2D eigenvalue weighted by molar-refractivity contribution is 0.0517. The molecule has 1 aliphatic rings. The van der Waals surface area contributed by atoms with Gasteiger partial charge in [-0.15, -0.1) is 0 Å². The maximum absolute atomic E-state index is 12.5. The number of hydrogen-bond donors (Lipinski definition) is 1. The number of aromatic amines is 1. The Bertz CT molecular complexity index is 844. The minimum Gasteiger partial charge on any atom is -0.462 e. The van der Waals surface area contributed by atoms with Gasteiger partial charge >= 0.3 is 11.9 Å². The number of piperazine rings is 1. The minimum atomic E-state index is -0.465. The molecule has 1 N–H and O–H groups in total. The Morgan fingerprint density at radius 2 is 1.66 bits per heavy atom. The summed E-state index contributed by atoms with van der Waals surface area (Å²) in [7, 11) is 0. The summed E-state index contributed by atoms with van der Waals surface area (Å²) in [6, 6.07) is 1.80. The Kier molecular flexibility index (Phi) is 6.82. The molecule has 3 heterocycles. The van der Waals surface area contributed by atoms with Gasteiger partial charge in [-0.2, -0.15) is 0 Å². The molecular weight excluding hydrogens is 374 g/mol. The van der Waals surface area contributed by atoms with E-state index >= 15 is 0 Å². The van der Waals surface area contributed by atoms with Crippen molar-refractivity contribution in [1.29, 1.82) is 0 Å². The van der Waals surface area contributed by atoms with E-state index in [1.54, 1.807) is 39.2 Å². The quantitative estimate of drug-likeness (QED) is 0.701. The molecule has 1 aliphatic heterocycles. The Balaban J connectivity index is 1.75. The third-order valence-corrected chi connectivity index (χ3v) is 4.88. The molecular formula is C20H27N5O4. The predicted octanol–water partition coefficient (Wildman–Crippen LogP) is 1.79. The Hall–Kier alpha value is -2.94. The van der Waals surface area contributed by atoms with Crippen molar-refractivity contribution in [2.24, 2.45) is 0 Å². The number of hydrogen-bond acceptors (Lipinski definition) is 8. The van der Waals surface area contributed by atoms with Gasteiger partial charge in [0, 0.05) is 50.8 Å². The van der Waals surface area contributed by atoms with Gasteiger partial charge in [-0.05, 0) is 32.4 Å². The molecule has 9 heteroatoms. The number of anilines is 1. The molecule has 156 valence electrons. The molecule has 0 aliphatic carbocycles. The Morgan fingerprint density at radius 1 is 1.03 bits per heavy atom. The summed E-state index contributed by atoms with van der Waals surface area (Å²) in [6.45, 7) is 9.43. The third kappa shape index (κ3) is 4.73. The second-order valence-electron chi connectivity index (χ2n) is 6.73. The van der Waals surface area contributed by atoms with Crippen molar-refractivity contribution < 1.29 is 19.1 Å². The Labute approximate surface area is 170 Å². The van der Waals surface area contributed by atoms with Crippen LogP contribution in [0.25, 0.3) is 0 Å². The first-order chi connectivity index (χ1) is 14.0. The standard InChI is InChI=1S/C20H27N5O4/c1-4-28-18(26)16-14(3)17(19(27)29-5-2)23-15(16)13-24-9-11-25(12-10-24)20-21-7-6-8-22-20/h6-8,23H,4-5,9-13H2,1-3H3. The van der Waals surface area contributed by atoms with Gasteiger partial charge in [-0.25, -0.2) is 19.6 Å². The van der Waals surface area contributed by atoms with Crippen LogP contribution in [-0.2, 0) is 16.0 Å². The Morgan fingerprint density at radius 3 is 2.28 bits per heavy atom. The summed E-state index contributed by atoms with van der Waals surface area (Å²) < 4.78 is 10.3. The van der Waals surface area contributed by atoms with Crippen molar-refractivity contribution in [2.45, 2.75) is 27.3 Å². The smallest absolute Gasteiger partial charge is 0.355 e. The van der Waals surface area contributed by atoms with Crippen molar-refractivity contribution in [1.82, 2.24) is 19.9 Å². The van der Waals surface area contributed by atoms with Gasteiger partial charge in [-0.1, -0.05) is 0 Å². The zero-order chi connectivity index (χ0) is 20.8. The summed E-state index contributed by atoms with van der Waals surface area (Å²) in [5.74, 6) is -0.171. The van der Waals surface area contributed by atoms with E-state index in [-0.39, 0.29) is 13.2 Å². The van der Waals surface area contributed by atoms with E-state index in [9.17, 15) is 9.59 Å². The molecule has 0 saturated carbocycles. The number of rotatable bonds is 7. The summed E-state index contributed by atoms with van der Waals surface area (Å²) in [6.07, 6.45) is 3.47. The van der Waals surface area contributed by atoms with Crippen LogP contribution >= 0.6 is 0 Å². The highest BCUT2D eigenvalue weighted by atomic mass is 16.5. The molecule has 0 amide bonds. The van der Waals surface area contributed by atoms with Crippen LogP contribution in [0.4, 0.5) is 5.95 Å². The van der Waals surface area contributed by atoms with Crippen molar-refractivity contribution in [3.05, 3.63) is 41.0 Å². The van der Waals surface area contributed by atoms with E-state index in [1.807, 2.05) is 0 Å². The van der Waals surface area contributed by atoms with Crippen molar-refractivity contribution in [3.63, 3.8) is 0 Å². The van der Waals surface area contributed by atoms with Gasteiger partial charge in [0.05, 0.1) is 18.8 Å². The number of nitrogens with zero attached hydrogens (tertiary/aromatic N) is 4. The molecule has 29 heavy (non-hydrogen) atoms. The molecule has 2 aromatic rings. The number of carbonyl (C=O) groups excluding carboxylic acids is 2. The maximum atomic E-state index is 12.5. The fraction of sp³-hybridized carbons (Fsp3) is 0.500. The molecule has 0 spiro atoms. The average Bonchev–Trinajstić information content (AvgIpc) is 3.05. The van der Waals surface area contributed by atoms with Crippen molar-refractivity contribution in [3.8, 4) is 0 Å². The highest BCUT2D eigenvalue weighted by molar-refractivity contribution is 5.98. The fourth-order valence-corrected chi connectivity index (χ4v) is 3.45. The topological polar surface area (TPSA) is 101 Å². The number of H-pyrrole nitrogens is 1. The molecule has 2 aromatic heterocycles. The first-order valence-electron chi connectivity index (χ1n) is 9.85. The second-order valence-corrected chi connectivity index (χ2v) is 6.73. The minimum absolute atomic E-state index is 0.269. The molecule has 0 aromatic carbocycles. The summed E-state index contributed by atoms with van der Waals surface area (Å²) in [5.41, 5.74) is 1.96. The van der Waals surface area contributed by atoms with Crippen LogP contribution in [0, 0.1) is 6.92 Å². The molecule has 0 bridgehead atoms. The SMILES string of the molecule is CCOC(=O)c1[nH]c(CN2CCN(c3ncccn3)CC2)c(C(=O)OCC)c1C. The van der Waals surface area contributed by atoms with E-state index in [4.69, 9.17) is 9.47 Å². The maximum Gasteiger partial charge on any atom is 0.355 e. The average molecular weight is 401 g/mol. The number of ether oxygens (including phenoxy) is 2. The second kappa shape index (κ2) is 9.51. The van der Waals surface area contributed by atoms with Crippen molar-refractivity contribution in [2.75, 3.05) is 44.3 Å². The number of nitrogens with one attached hydrogen (secondary N) is 1. The summed E-state index contributed by atoms with van der Waals surface area (Å²) in [4.78, 5) is 40.8. The fourth-order valence-electron chi connectivity index (χ4n) is 3.45. The van der Waals surface area contributed by atoms with Crippen LogP contribution in [0.5, 0.6) is 0 Å². The van der Waals surface area contributed by atoms with Gasteiger partial charge in [0.1, 0.15) is 5.69 Å². The molecule has 0 unspecified atom stereocenters.